The topological polar surface area (TPSA) is 94.9 Å². The number of carbonyl (C=O) groups is 2. The van der Waals surface area contributed by atoms with Crippen LogP contribution in [0.3, 0.4) is 0 Å². The van der Waals surface area contributed by atoms with Crippen LogP contribution in [0.4, 0.5) is 0 Å². The molecule has 1 atom stereocenters. The van der Waals surface area contributed by atoms with Crippen LogP contribution in [0.5, 0.6) is 0 Å². The first-order valence-corrected chi connectivity index (χ1v) is 5.00. The molecule has 0 aliphatic rings. The molecule has 0 fully saturated rings. The van der Waals surface area contributed by atoms with Crippen LogP contribution in [0, 0.1) is 11.3 Å². The summed E-state index contributed by atoms with van der Waals surface area (Å²) in [5, 5.41) is 12.9. The number of nitrogens with zero attached hydrogens (tertiary/aromatic N) is 2. The summed E-state index contributed by atoms with van der Waals surface area (Å²) in [6.07, 6.45) is 3.21. The second-order valence-electron chi connectivity index (χ2n) is 3.32. The number of carbonyl (C=O) groups excluding carboxylic acids is 2. The number of hydrogen-bond acceptors (Lipinski definition) is 4. The highest BCUT2D eigenvalue weighted by Crippen LogP contribution is 2.09. The molecule has 2 amide bonds. The Hall–Kier alpha value is -2.42. The highest BCUT2D eigenvalue weighted by Gasteiger charge is 2.16. The van der Waals surface area contributed by atoms with E-state index in [2.05, 4.69) is 15.6 Å². The molecule has 1 rings (SSSR count). The van der Waals surface area contributed by atoms with Crippen LogP contribution in [0.2, 0.25) is 0 Å². The zero-order chi connectivity index (χ0) is 12.7. The summed E-state index contributed by atoms with van der Waals surface area (Å²) < 4.78 is 0. The summed E-state index contributed by atoms with van der Waals surface area (Å²) in [5.74, 6) is -1.57. The Kier molecular flexibility index (Phi) is 4.63. The largest absolute Gasteiger partial charge is 0.341 e. The fourth-order valence-electron chi connectivity index (χ4n) is 1.20. The average molecular weight is 232 g/mol. The van der Waals surface area contributed by atoms with Crippen LogP contribution in [-0.2, 0) is 9.59 Å². The lowest BCUT2D eigenvalue weighted by molar-refractivity contribution is -0.139. The van der Waals surface area contributed by atoms with E-state index in [9.17, 15) is 9.59 Å². The summed E-state index contributed by atoms with van der Waals surface area (Å²) in [6.45, 7) is 1.57. The molecule has 6 nitrogen and oxygen atoms in total. The van der Waals surface area contributed by atoms with Crippen molar-refractivity contribution >= 4 is 11.8 Å². The van der Waals surface area contributed by atoms with Gasteiger partial charge in [-0.3, -0.25) is 14.6 Å². The number of hydrogen-bond donors (Lipinski definition) is 2. The third kappa shape index (κ3) is 3.91. The fourth-order valence-corrected chi connectivity index (χ4v) is 1.20. The Morgan fingerprint density at radius 3 is 2.65 bits per heavy atom. The van der Waals surface area contributed by atoms with Crippen LogP contribution in [0.15, 0.2) is 24.5 Å². The molecule has 0 aliphatic heterocycles. The van der Waals surface area contributed by atoms with Gasteiger partial charge in [-0.15, -0.1) is 0 Å². The van der Waals surface area contributed by atoms with E-state index in [4.69, 9.17) is 5.26 Å². The number of nitriles is 1. The maximum atomic E-state index is 11.4. The third-order valence-corrected chi connectivity index (χ3v) is 2.09. The van der Waals surface area contributed by atoms with Gasteiger partial charge in [0.1, 0.15) is 6.54 Å². The summed E-state index contributed by atoms with van der Waals surface area (Å²) >= 11 is 0. The Morgan fingerprint density at radius 1 is 1.41 bits per heavy atom. The lowest BCUT2D eigenvalue weighted by atomic mass is 10.1. The molecule has 88 valence electrons. The van der Waals surface area contributed by atoms with Crippen LogP contribution >= 0.6 is 0 Å². The Morgan fingerprint density at radius 2 is 2.06 bits per heavy atom. The van der Waals surface area contributed by atoms with Crippen molar-refractivity contribution in [3.63, 3.8) is 0 Å². The number of nitrogens with one attached hydrogen (secondary N) is 2. The molecule has 1 unspecified atom stereocenters. The number of amides is 2. The van der Waals surface area contributed by atoms with Crippen molar-refractivity contribution in [3.05, 3.63) is 30.1 Å². The van der Waals surface area contributed by atoms with Crippen molar-refractivity contribution < 1.29 is 9.59 Å². The first kappa shape index (κ1) is 12.6. The predicted octanol–water partition coefficient (Wildman–Crippen LogP) is -0.101. The van der Waals surface area contributed by atoms with E-state index in [-0.39, 0.29) is 12.6 Å². The quantitative estimate of drug-likeness (QED) is 0.562. The maximum absolute atomic E-state index is 11.4. The number of pyridine rings is 1. The Labute approximate surface area is 98.7 Å². The molecule has 0 aromatic carbocycles. The normalized spacial score (nSPS) is 11.1. The highest BCUT2D eigenvalue weighted by molar-refractivity contribution is 6.35. The third-order valence-electron chi connectivity index (χ3n) is 2.09. The molecule has 0 radical (unpaired) electrons. The molecule has 0 saturated heterocycles. The lowest BCUT2D eigenvalue weighted by Crippen LogP contribution is -2.41. The van der Waals surface area contributed by atoms with Gasteiger partial charge in [0, 0.05) is 12.4 Å². The standard InChI is InChI=1S/C11H12N4O2/c1-8(9-2-5-13-6-3-9)15-11(17)10(16)14-7-4-12/h2-3,5-6,8H,7H2,1H3,(H,14,16)(H,15,17). The van der Waals surface area contributed by atoms with Gasteiger partial charge in [0.15, 0.2) is 0 Å². The van der Waals surface area contributed by atoms with Crippen LogP contribution < -0.4 is 10.6 Å². The van der Waals surface area contributed by atoms with Gasteiger partial charge < -0.3 is 10.6 Å². The summed E-state index contributed by atoms with van der Waals surface area (Å²) in [6, 6.07) is 4.92. The van der Waals surface area contributed by atoms with Gasteiger partial charge in [-0.2, -0.15) is 5.26 Å². The molecule has 0 aliphatic carbocycles. The van der Waals surface area contributed by atoms with Crippen molar-refractivity contribution in [2.75, 3.05) is 6.54 Å². The van der Waals surface area contributed by atoms with E-state index < -0.39 is 11.8 Å². The SMILES string of the molecule is CC(NC(=O)C(=O)NCC#N)c1ccncc1. The minimum Gasteiger partial charge on any atom is -0.341 e. The molecule has 1 aromatic rings. The maximum Gasteiger partial charge on any atom is 0.310 e. The van der Waals surface area contributed by atoms with Crippen LogP contribution in [0.1, 0.15) is 18.5 Å². The number of aromatic nitrogens is 1. The van der Waals surface area contributed by atoms with Gasteiger partial charge >= 0.3 is 11.8 Å². The Bertz CT molecular complexity index is 439. The second-order valence-corrected chi connectivity index (χ2v) is 3.32. The van der Waals surface area contributed by atoms with Gasteiger partial charge in [0.05, 0.1) is 12.1 Å². The van der Waals surface area contributed by atoms with E-state index >= 15 is 0 Å². The van der Waals surface area contributed by atoms with Crippen LogP contribution in [0.25, 0.3) is 0 Å². The van der Waals surface area contributed by atoms with Gasteiger partial charge in [0.2, 0.25) is 0 Å². The van der Waals surface area contributed by atoms with Crippen molar-refractivity contribution in [2.24, 2.45) is 0 Å². The van der Waals surface area contributed by atoms with E-state index in [1.54, 1.807) is 37.5 Å². The van der Waals surface area contributed by atoms with E-state index in [0.717, 1.165) is 5.56 Å². The minimum absolute atomic E-state index is 0.185. The van der Waals surface area contributed by atoms with E-state index in [1.807, 2.05) is 0 Å². The molecule has 17 heavy (non-hydrogen) atoms. The van der Waals surface area contributed by atoms with E-state index in [0.29, 0.717) is 0 Å². The molecule has 6 heteroatoms. The second kappa shape index (κ2) is 6.23. The molecule has 0 saturated carbocycles. The molecular weight excluding hydrogens is 220 g/mol. The Balaban J connectivity index is 2.52. The van der Waals surface area contributed by atoms with Crippen LogP contribution in [-0.4, -0.2) is 23.3 Å². The fraction of sp³-hybridized carbons (Fsp3) is 0.273. The van der Waals surface area contributed by atoms with Crippen molar-refractivity contribution in [1.82, 2.24) is 15.6 Å². The molecular formula is C11H12N4O2. The minimum atomic E-state index is -0.813. The molecule has 2 N–H and O–H groups in total. The summed E-state index contributed by atoms with van der Waals surface area (Å²) in [7, 11) is 0. The van der Waals surface area contributed by atoms with Crippen molar-refractivity contribution in [3.8, 4) is 6.07 Å². The van der Waals surface area contributed by atoms with Crippen molar-refractivity contribution in [1.29, 1.82) is 5.26 Å². The van der Waals surface area contributed by atoms with Gasteiger partial charge in [-0.25, -0.2) is 0 Å². The summed E-state index contributed by atoms with van der Waals surface area (Å²) in [5.41, 5.74) is 0.849. The first-order valence-electron chi connectivity index (χ1n) is 5.00. The zero-order valence-corrected chi connectivity index (χ0v) is 9.30. The zero-order valence-electron chi connectivity index (χ0n) is 9.30. The first-order chi connectivity index (χ1) is 8.15. The monoisotopic (exact) mass is 232 g/mol. The molecule has 1 aromatic heterocycles. The summed E-state index contributed by atoms with van der Waals surface area (Å²) in [4.78, 5) is 26.4. The molecule has 0 bridgehead atoms. The average Bonchev–Trinajstić information content (AvgIpc) is 2.36. The van der Waals surface area contributed by atoms with Gasteiger partial charge in [-0.05, 0) is 24.6 Å². The predicted molar refractivity (Wildman–Crippen MR) is 59.4 cm³/mol. The van der Waals surface area contributed by atoms with Gasteiger partial charge in [0.25, 0.3) is 0 Å². The smallest absolute Gasteiger partial charge is 0.310 e. The lowest BCUT2D eigenvalue weighted by Gasteiger charge is -2.13. The van der Waals surface area contributed by atoms with Crippen molar-refractivity contribution in [2.45, 2.75) is 13.0 Å². The van der Waals surface area contributed by atoms with E-state index in [1.165, 1.54) is 0 Å². The number of rotatable bonds is 3. The molecule has 0 spiro atoms. The van der Waals surface area contributed by atoms with Gasteiger partial charge in [-0.1, -0.05) is 0 Å². The molecule has 1 heterocycles. The highest BCUT2D eigenvalue weighted by atomic mass is 16.2.